The molecule has 246 valence electrons. The van der Waals surface area contributed by atoms with E-state index in [-0.39, 0.29) is 41.1 Å². The van der Waals surface area contributed by atoms with E-state index in [1.807, 2.05) is 0 Å². The molecule has 4 N–H and O–H groups in total. The number of carbonyl (C=O) groups is 4. The summed E-state index contributed by atoms with van der Waals surface area (Å²) in [5.41, 5.74) is 3.09. The van der Waals surface area contributed by atoms with Gasteiger partial charge in [-0.1, -0.05) is 30.3 Å². The van der Waals surface area contributed by atoms with Crippen molar-refractivity contribution in [3.8, 4) is 11.1 Å². The van der Waals surface area contributed by atoms with Gasteiger partial charge < -0.3 is 29.8 Å². The molecule has 2 atom stereocenters. The van der Waals surface area contributed by atoms with Crippen LogP contribution in [0.3, 0.4) is 0 Å². The van der Waals surface area contributed by atoms with Crippen LogP contribution in [0.15, 0.2) is 53.9 Å². The summed E-state index contributed by atoms with van der Waals surface area (Å²) in [4.78, 5) is 57.8. The lowest BCUT2D eigenvalue weighted by Crippen LogP contribution is -2.49. The number of amidine groups is 1. The molecule has 0 saturated carbocycles. The molecular formula is C32H31F2N5O7S. The van der Waals surface area contributed by atoms with Crippen molar-refractivity contribution >= 4 is 40.9 Å². The highest BCUT2D eigenvalue weighted by atomic mass is 32.1. The first-order chi connectivity index (χ1) is 22.4. The monoisotopic (exact) mass is 667 g/mol. The van der Waals surface area contributed by atoms with Gasteiger partial charge in [-0.25, -0.2) is 5.48 Å². The normalized spacial score (nSPS) is 19.1. The molecule has 0 radical (unpaired) electrons. The van der Waals surface area contributed by atoms with Crippen LogP contribution in [0.1, 0.15) is 58.2 Å². The molecule has 3 aliphatic rings. The van der Waals surface area contributed by atoms with Crippen molar-refractivity contribution in [3.63, 3.8) is 0 Å². The molecule has 1 unspecified atom stereocenters. The van der Waals surface area contributed by atoms with E-state index in [2.05, 4.69) is 21.0 Å². The number of halogens is 2. The molecule has 12 nitrogen and oxygen atoms in total. The minimum atomic E-state index is -3.18. The van der Waals surface area contributed by atoms with Crippen molar-refractivity contribution in [2.45, 2.75) is 44.1 Å². The fraction of sp³-hybridized carbons (Fsp3) is 0.344. The van der Waals surface area contributed by atoms with Crippen LogP contribution in [0.2, 0.25) is 0 Å². The summed E-state index contributed by atoms with van der Waals surface area (Å²) in [7, 11) is 0. The van der Waals surface area contributed by atoms with Gasteiger partial charge in [0, 0.05) is 45.9 Å². The first kappa shape index (κ1) is 32.2. The maximum Gasteiger partial charge on any atom is 0.329 e. The van der Waals surface area contributed by atoms with Crippen molar-refractivity contribution in [1.82, 2.24) is 21.0 Å². The summed E-state index contributed by atoms with van der Waals surface area (Å²) in [6.07, 6.45) is 0.0797. The third kappa shape index (κ3) is 6.21. The molecule has 2 saturated heterocycles. The van der Waals surface area contributed by atoms with E-state index in [0.29, 0.717) is 29.2 Å². The highest BCUT2D eigenvalue weighted by Gasteiger charge is 2.52. The van der Waals surface area contributed by atoms with Crippen LogP contribution in [0, 0.1) is 5.41 Å². The van der Waals surface area contributed by atoms with Crippen molar-refractivity contribution in [3.05, 3.63) is 81.0 Å². The number of amides is 3. The van der Waals surface area contributed by atoms with E-state index in [0.717, 1.165) is 0 Å². The molecule has 3 aromatic rings. The number of fused-ring (bicyclic) bond motifs is 3. The Kier molecular flexibility index (Phi) is 8.55. The fourth-order valence-electron chi connectivity index (χ4n) is 5.99. The lowest BCUT2D eigenvalue weighted by molar-refractivity contribution is -0.152. The number of hydroxylamine groups is 1. The number of nitrogens with one attached hydrogen (secondary N) is 4. The van der Waals surface area contributed by atoms with Crippen LogP contribution >= 0.6 is 11.3 Å². The second-order valence-corrected chi connectivity index (χ2v) is 12.4. The van der Waals surface area contributed by atoms with Gasteiger partial charge >= 0.3 is 5.97 Å². The molecule has 1 aliphatic carbocycles. The summed E-state index contributed by atoms with van der Waals surface area (Å²) >= 11 is 1.29. The van der Waals surface area contributed by atoms with Crippen LogP contribution in [0.4, 0.5) is 8.78 Å². The molecule has 1 aromatic heterocycles. The quantitative estimate of drug-likeness (QED) is 0.170. The summed E-state index contributed by atoms with van der Waals surface area (Å²) < 4.78 is 41.5. The Labute approximate surface area is 271 Å². The maximum absolute atomic E-state index is 14.9. The van der Waals surface area contributed by atoms with Crippen molar-refractivity contribution in [1.29, 1.82) is 5.41 Å². The Morgan fingerprint density at radius 2 is 1.79 bits per heavy atom. The molecule has 3 heterocycles. The predicted molar refractivity (Wildman–Crippen MR) is 165 cm³/mol. The first-order valence-corrected chi connectivity index (χ1v) is 15.7. The molecule has 47 heavy (non-hydrogen) atoms. The Morgan fingerprint density at radius 3 is 2.53 bits per heavy atom. The van der Waals surface area contributed by atoms with Gasteiger partial charge in [-0.05, 0) is 36.2 Å². The molecule has 2 aromatic carbocycles. The Bertz CT molecular complexity index is 1770. The SMILES string of the molecule is CC(=O)ONC(=N)c1csc([C@@H](C)NC(=O)C2CC3(CN2C(=O)CNC(=O)c2ccc4c(c2)-c2ccccc2C4(F)F)OCCO3)c1. The first-order valence-electron chi connectivity index (χ1n) is 14.8. The van der Waals surface area contributed by atoms with Crippen LogP contribution in [0.25, 0.3) is 11.1 Å². The van der Waals surface area contributed by atoms with Crippen LogP contribution in [-0.4, -0.2) is 72.6 Å². The zero-order chi connectivity index (χ0) is 33.5. The minimum Gasteiger partial charge on any atom is -0.347 e. The van der Waals surface area contributed by atoms with Crippen molar-refractivity contribution < 1.29 is 42.3 Å². The van der Waals surface area contributed by atoms with Gasteiger partial charge in [-0.3, -0.25) is 24.6 Å². The summed E-state index contributed by atoms with van der Waals surface area (Å²) in [6.45, 7) is 3.07. The highest BCUT2D eigenvalue weighted by Crippen LogP contribution is 2.51. The van der Waals surface area contributed by atoms with E-state index >= 15 is 0 Å². The number of hydrogen-bond donors (Lipinski definition) is 4. The molecule has 1 spiro atoms. The lowest BCUT2D eigenvalue weighted by atomic mass is 10.0. The number of hydrogen-bond acceptors (Lipinski definition) is 9. The van der Waals surface area contributed by atoms with E-state index in [1.54, 1.807) is 30.5 Å². The van der Waals surface area contributed by atoms with Crippen molar-refractivity contribution in [2.75, 3.05) is 26.3 Å². The zero-order valence-corrected chi connectivity index (χ0v) is 26.2. The zero-order valence-electron chi connectivity index (χ0n) is 25.4. The molecule has 6 rings (SSSR count). The van der Waals surface area contributed by atoms with Gasteiger partial charge in [-0.15, -0.1) is 11.3 Å². The molecule has 0 bridgehead atoms. The van der Waals surface area contributed by atoms with Crippen molar-refractivity contribution in [2.24, 2.45) is 0 Å². The number of likely N-dealkylation sites (tertiary alicyclic amines) is 1. The van der Waals surface area contributed by atoms with Gasteiger partial charge in [0.05, 0.1) is 32.3 Å². The average Bonchev–Trinajstić information content (AvgIpc) is 3.85. The summed E-state index contributed by atoms with van der Waals surface area (Å²) in [5.74, 6) is -6.72. The van der Waals surface area contributed by atoms with E-state index in [4.69, 9.17) is 14.9 Å². The number of carbonyl (C=O) groups excluding carboxylic acids is 4. The highest BCUT2D eigenvalue weighted by molar-refractivity contribution is 7.10. The predicted octanol–water partition coefficient (Wildman–Crippen LogP) is 3.21. The number of nitrogens with zero attached hydrogens (tertiary/aromatic N) is 1. The number of rotatable bonds is 7. The third-order valence-corrected chi connectivity index (χ3v) is 9.41. The number of benzene rings is 2. The number of alkyl halides is 2. The Morgan fingerprint density at radius 1 is 1.06 bits per heavy atom. The van der Waals surface area contributed by atoms with Crippen LogP contribution in [0.5, 0.6) is 0 Å². The Hall–Kier alpha value is -4.73. The number of thiophene rings is 1. The fourth-order valence-corrected chi connectivity index (χ4v) is 6.90. The van der Waals surface area contributed by atoms with Gasteiger partial charge in [0.1, 0.15) is 6.04 Å². The summed E-state index contributed by atoms with van der Waals surface area (Å²) in [6, 6.07) is 10.2. The molecule has 15 heteroatoms. The van der Waals surface area contributed by atoms with E-state index in [9.17, 15) is 28.0 Å². The van der Waals surface area contributed by atoms with Gasteiger partial charge in [0.25, 0.3) is 11.8 Å². The molecule has 2 aliphatic heterocycles. The standard InChI is InChI=1S/C32H31F2N5O7S/c1-17(26-12-20(15-47-26)28(35)38-46-18(2)40)37-30(43)25-13-31(44-9-10-45-31)16-39(25)27(41)14-36-29(42)19-7-8-24-22(11-19)21-5-3-4-6-23(21)32(24,33)34/h3-8,11-12,15,17,25H,9-10,13-14,16H2,1-2H3,(H2,35,38)(H,36,42)(H,37,43)/t17-,25?/m1/s1. The topological polar surface area (TPSA) is 159 Å². The van der Waals surface area contributed by atoms with E-state index in [1.165, 1.54) is 53.5 Å². The van der Waals surface area contributed by atoms with E-state index < -0.39 is 54.0 Å². The molecule has 3 amide bonds. The smallest absolute Gasteiger partial charge is 0.329 e. The average molecular weight is 668 g/mol. The largest absolute Gasteiger partial charge is 0.347 e. The second kappa shape index (κ2) is 12.5. The number of ether oxygens (including phenoxy) is 2. The Balaban J connectivity index is 1.12. The van der Waals surface area contributed by atoms with Crippen LogP contribution < -0.4 is 16.1 Å². The van der Waals surface area contributed by atoms with Crippen LogP contribution in [-0.2, 0) is 34.6 Å². The minimum absolute atomic E-state index is 0.0268. The summed E-state index contributed by atoms with van der Waals surface area (Å²) in [5, 5.41) is 15.2. The maximum atomic E-state index is 14.9. The lowest BCUT2D eigenvalue weighted by Gasteiger charge is -2.25. The second-order valence-electron chi connectivity index (χ2n) is 11.5. The third-order valence-electron chi connectivity index (χ3n) is 8.29. The van der Waals surface area contributed by atoms with Gasteiger partial charge in [0.2, 0.25) is 11.8 Å². The molecular weight excluding hydrogens is 636 g/mol. The molecule has 2 fully saturated rings. The van der Waals surface area contributed by atoms with Gasteiger partial charge in [-0.2, -0.15) is 8.78 Å². The van der Waals surface area contributed by atoms with Gasteiger partial charge in [0.15, 0.2) is 11.6 Å².